The first-order valence-corrected chi connectivity index (χ1v) is 8.70. The molecule has 0 bridgehead atoms. The van der Waals surface area contributed by atoms with Crippen molar-refractivity contribution < 1.29 is 14.8 Å². The Hall–Kier alpha value is -3.02. The molecule has 26 heavy (non-hydrogen) atoms. The third kappa shape index (κ3) is 3.22. The highest BCUT2D eigenvalue weighted by Gasteiger charge is 2.23. The summed E-state index contributed by atoms with van der Waals surface area (Å²) in [5.41, 5.74) is 5.34. The zero-order valence-electron chi connectivity index (χ0n) is 15.2. The van der Waals surface area contributed by atoms with Crippen LogP contribution in [0.25, 0.3) is 22.3 Å². The van der Waals surface area contributed by atoms with Gasteiger partial charge in [-0.05, 0) is 38.0 Å². The molecule has 3 rings (SSSR count). The van der Waals surface area contributed by atoms with Gasteiger partial charge in [-0.3, -0.25) is 0 Å². The number of aromatic hydroxyl groups is 1. The van der Waals surface area contributed by atoms with Gasteiger partial charge in [0.15, 0.2) is 0 Å². The van der Waals surface area contributed by atoms with E-state index in [4.69, 9.17) is 4.52 Å². The molecule has 136 valence electrons. The van der Waals surface area contributed by atoms with Crippen LogP contribution in [-0.2, 0) is 6.54 Å². The second-order valence-electron chi connectivity index (χ2n) is 6.34. The van der Waals surface area contributed by atoms with Gasteiger partial charge in [-0.1, -0.05) is 35.8 Å². The minimum atomic E-state index is 0.218. The number of aryl methyl sites for hydroxylation is 3. The molecule has 0 atom stereocenters. The monoisotopic (exact) mass is 353 g/mol. The van der Waals surface area contributed by atoms with Gasteiger partial charge >= 0.3 is 0 Å². The average molecular weight is 353 g/mol. The Morgan fingerprint density at radius 1 is 1.19 bits per heavy atom. The lowest BCUT2D eigenvalue weighted by Gasteiger charge is -2.07. The van der Waals surface area contributed by atoms with Gasteiger partial charge in [0.25, 0.3) is 0 Å². The van der Waals surface area contributed by atoms with Crippen LogP contribution in [0.1, 0.15) is 36.9 Å². The predicted octanol–water partition coefficient (Wildman–Crippen LogP) is 4.74. The summed E-state index contributed by atoms with van der Waals surface area (Å²) in [6, 6.07) is 7.07. The molecule has 0 saturated carbocycles. The Labute approximate surface area is 152 Å². The van der Waals surface area contributed by atoms with Gasteiger partial charge in [0.2, 0.25) is 0 Å². The Bertz CT molecular complexity index is 901. The summed E-state index contributed by atoms with van der Waals surface area (Å²) >= 11 is 0. The second kappa shape index (κ2) is 7.47. The molecule has 0 saturated heterocycles. The predicted molar refractivity (Wildman–Crippen MR) is 101 cm³/mol. The molecule has 2 N–H and O–H groups in total. The van der Waals surface area contributed by atoms with Crippen LogP contribution in [0.2, 0.25) is 0 Å². The number of rotatable bonds is 6. The number of benzene rings is 1. The molecule has 0 aliphatic heterocycles. The molecule has 0 aliphatic rings. The fourth-order valence-electron chi connectivity index (χ4n) is 3.24. The van der Waals surface area contributed by atoms with Gasteiger partial charge in [-0.15, -0.1) is 0 Å². The summed E-state index contributed by atoms with van der Waals surface area (Å²) in [7, 11) is 0. The molecule has 0 unspecified atom stereocenters. The number of aromatic nitrogens is 2. The number of phenolic OH excluding ortho intramolecular Hbond substituents is 1. The van der Waals surface area contributed by atoms with Gasteiger partial charge < -0.3 is 19.4 Å². The first kappa shape index (κ1) is 17.8. The van der Waals surface area contributed by atoms with E-state index in [1.807, 2.05) is 26.0 Å². The molecule has 0 amide bonds. The van der Waals surface area contributed by atoms with Crippen molar-refractivity contribution in [3.63, 3.8) is 0 Å². The fraction of sp³-hybridized carbons (Fsp3) is 0.300. The molecule has 6 heteroatoms. The maximum Gasteiger partial charge on any atom is 0.141 e. The number of phenols is 1. The van der Waals surface area contributed by atoms with Gasteiger partial charge in [0.1, 0.15) is 11.5 Å². The standard InChI is InChI=1S/C20H23N3O3/c1-4-5-10-23-12-17(15-6-8-16(24)9-7-15)20(18(23)11-21-25)19-13(2)22-26-14(19)3/h6-9,11-12,24-25H,4-5,10H2,1-3H3. The van der Waals surface area contributed by atoms with E-state index in [1.54, 1.807) is 12.1 Å². The lowest BCUT2D eigenvalue weighted by atomic mass is 9.96. The first-order valence-electron chi connectivity index (χ1n) is 8.70. The molecular formula is C20H23N3O3. The highest BCUT2D eigenvalue weighted by molar-refractivity contribution is 5.97. The summed E-state index contributed by atoms with van der Waals surface area (Å²) in [6.45, 7) is 6.72. The molecule has 0 spiro atoms. The Morgan fingerprint density at radius 2 is 1.92 bits per heavy atom. The quantitative estimate of drug-likeness (QED) is 0.381. The van der Waals surface area contributed by atoms with E-state index in [-0.39, 0.29) is 5.75 Å². The second-order valence-corrected chi connectivity index (χ2v) is 6.34. The Morgan fingerprint density at radius 3 is 2.50 bits per heavy atom. The molecule has 0 aliphatic carbocycles. The SMILES string of the molecule is CCCCn1cc(-c2ccc(O)cc2)c(-c2c(C)noc2C)c1C=NO. The van der Waals surface area contributed by atoms with Crippen LogP contribution < -0.4 is 0 Å². The number of nitrogens with zero attached hydrogens (tertiary/aromatic N) is 3. The van der Waals surface area contributed by atoms with Crippen molar-refractivity contribution in [3.8, 4) is 28.0 Å². The molecule has 3 aromatic rings. The zero-order chi connectivity index (χ0) is 18.7. The van der Waals surface area contributed by atoms with Crippen molar-refractivity contribution in [1.82, 2.24) is 9.72 Å². The molecule has 2 heterocycles. The number of oxime groups is 1. The van der Waals surface area contributed by atoms with Crippen LogP contribution in [0.4, 0.5) is 0 Å². The van der Waals surface area contributed by atoms with Crippen LogP contribution in [-0.4, -0.2) is 26.3 Å². The zero-order valence-corrected chi connectivity index (χ0v) is 15.2. The molecular weight excluding hydrogens is 330 g/mol. The van der Waals surface area contributed by atoms with E-state index in [0.29, 0.717) is 5.76 Å². The molecule has 2 aromatic heterocycles. The molecule has 1 aromatic carbocycles. The summed E-state index contributed by atoms with van der Waals surface area (Å²) in [4.78, 5) is 0. The number of hydrogen-bond acceptors (Lipinski definition) is 5. The average Bonchev–Trinajstić information content (AvgIpc) is 3.14. The van der Waals surface area contributed by atoms with E-state index < -0.39 is 0 Å². The van der Waals surface area contributed by atoms with E-state index in [2.05, 4.69) is 28.0 Å². The largest absolute Gasteiger partial charge is 0.508 e. The van der Waals surface area contributed by atoms with Crippen LogP contribution in [0.5, 0.6) is 5.75 Å². The smallest absolute Gasteiger partial charge is 0.141 e. The maximum atomic E-state index is 9.62. The van der Waals surface area contributed by atoms with Crippen LogP contribution in [0, 0.1) is 13.8 Å². The van der Waals surface area contributed by atoms with E-state index in [1.165, 1.54) is 6.21 Å². The summed E-state index contributed by atoms with van der Waals surface area (Å²) in [5, 5.41) is 26.2. The lowest BCUT2D eigenvalue weighted by molar-refractivity contribution is 0.321. The van der Waals surface area contributed by atoms with E-state index in [9.17, 15) is 10.3 Å². The highest BCUT2D eigenvalue weighted by atomic mass is 16.5. The van der Waals surface area contributed by atoms with Crippen LogP contribution >= 0.6 is 0 Å². The van der Waals surface area contributed by atoms with Crippen molar-refractivity contribution in [2.45, 2.75) is 40.2 Å². The summed E-state index contributed by atoms with van der Waals surface area (Å²) < 4.78 is 7.47. The molecule has 6 nitrogen and oxygen atoms in total. The van der Waals surface area contributed by atoms with Gasteiger partial charge in [-0.25, -0.2) is 0 Å². The number of unbranched alkanes of at least 4 members (excludes halogenated alkanes) is 1. The van der Waals surface area contributed by atoms with Crippen molar-refractivity contribution >= 4 is 6.21 Å². The van der Waals surface area contributed by atoms with Gasteiger partial charge in [-0.2, -0.15) is 0 Å². The van der Waals surface area contributed by atoms with E-state index >= 15 is 0 Å². The van der Waals surface area contributed by atoms with Gasteiger partial charge in [0, 0.05) is 23.9 Å². The fourth-order valence-corrected chi connectivity index (χ4v) is 3.24. The first-order chi connectivity index (χ1) is 12.6. The number of hydrogen-bond donors (Lipinski definition) is 2. The van der Waals surface area contributed by atoms with Crippen molar-refractivity contribution in [1.29, 1.82) is 0 Å². The topological polar surface area (TPSA) is 83.8 Å². The third-order valence-corrected chi connectivity index (χ3v) is 4.51. The van der Waals surface area contributed by atoms with E-state index in [0.717, 1.165) is 53.0 Å². The van der Waals surface area contributed by atoms with Crippen molar-refractivity contribution in [2.75, 3.05) is 0 Å². The minimum Gasteiger partial charge on any atom is -0.508 e. The molecule has 0 fully saturated rings. The van der Waals surface area contributed by atoms with Gasteiger partial charge in [0.05, 0.1) is 23.2 Å². The highest BCUT2D eigenvalue weighted by Crippen LogP contribution is 2.39. The summed E-state index contributed by atoms with van der Waals surface area (Å²) in [5.74, 6) is 0.929. The Balaban J connectivity index is 2.30. The normalized spacial score (nSPS) is 11.5. The van der Waals surface area contributed by atoms with Crippen LogP contribution in [0.15, 0.2) is 40.1 Å². The van der Waals surface area contributed by atoms with Crippen LogP contribution in [0.3, 0.4) is 0 Å². The minimum absolute atomic E-state index is 0.218. The Kier molecular flexibility index (Phi) is 5.11. The van der Waals surface area contributed by atoms with Crippen molar-refractivity contribution in [3.05, 3.63) is 47.6 Å². The maximum absolute atomic E-state index is 9.62. The molecule has 0 radical (unpaired) electrons. The lowest BCUT2D eigenvalue weighted by Crippen LogP contribution is -2.02. The van der Waals surface area contributed by atoms with Crippen molar-refractivity contribution in [2.24, 2.45) is 5.16 Å². The third-order valence-electron chi connectivity index (χ3n) is 4.51. The summed E-state index contributed by atoms with van der Waals surface area (Å²) in [6.07, 6.45) is 5.58.